The second-order valence-corrected chi connectivity index (χ2v) is 9.00. The summed E-state index contributed by atoms with van der Waals surface area (Å²) in [7, 11) is 0. The summed E-state index contributed by atoms with van der Waals surface area (Å²) in [5.41, 5.74) is -0.629. The number of carbonyl (C=O) groups excluding carboxylic acids is 1. The number of ketones is 1. The van der Waals surface area contributed by atoms with Gasteiger partial charge in [0.25, 0.3) is 0 Å². The lowest BCUT2D eigenvalue weighted by Gasteiger charge is -2.36. The minimum atomic E-state index is -0.629. The molecule has 0 radical (unpaired) electrons. The molecule has 2 rings (SSSR count). The summed E-state index contributed by atoms with van der Waals surface area (Å²) in [4.78, 5) is 24.8. The highest BCUT2D eigenvalue weighted by molar-refractivity contribution is 5.87. The molecule has 0 heterocycles. The van der Waals surface area contributed by atoms with E-state index < -0.39 is 5.60 Å². The zero-order chi connectivity index (χ0) is 19.2. The van der Waals surface area contributed by atoms with Gasteiger partial charge in [0.15, 0.2) is 11.4 Å². The second-order valence-electron chi connectivity index (χ2n) is 9.00. The highest BCUT2D eigenvalue weighted by Gasteiger charge is 2.41. The summed E-state index contributed by atoms with van der Waals surface area (Å²) in [6, 6.07) is 0. The Morgan fingerprint density at radius 1 is 0.778 bits per heavy atom. The molecule has 0 aliphatic heterocycles. The monoisotopic (exact) mass is 380 g/mol. The number of hydrogen-bond acceptors (Lipinski definition) is 3. The first-order valence-electron chi connectivity index (χ1n) is 12.1. The molecular weight excluding hydrogens is 336 g/mol. The third-order valence-corrected chi connectivity index (χ3v) is 6.57. The Morgan fingerprint density at radius 2 is 1.33 bits per heavy atom. The third kappa shape index (κ3) is 8.64. The van der Waals surface area contributed by atoms with Crippen LogP contribution in [0.2, 0.25) is 0 Å². The minimum Gasteiger partial charge on any atom is -0.296 e. The molecule has 2 fully saturated rings. The van der Waals surface area contributed by atoms with E-state index in [-0.39, 0.29) is 6.10 Å². The molecule has 2 aliphatic carbocycles. The van der Waals surface area contributed by atoms with E-state index in [2.05, 4.69) is 6.92 Å². The van der Waals surface area contributed by atoms with Crippen LogP contribution in [0.15, 0.2) is 0 Å². The van der Waals surface area contributed by atoms with Crippen molar-refractivity contribution in [2.75, 3.05) is 0 Å². The lowest BCUT2D eigenvalue weighted by molar-refractivity contribution is -0.381. The van der Waals surface area contributed by atoms with Crippen molar-refractivity contribution in [1.82, 2.24) is 0 Å². The van der Waals surface area contributed by atoms with Crippen molar-refractivity contribution >= 4 is 5.78 Å². The zero-order valence-corrected chi connectivity index (χ0v) is 17.9. The molecule has 0 aromatic carbocycles. The van der Waals surface area contributed by atoms with Crippen LogP contribution in [0.1, 0.15) is 135 Å². The van der Waals surface area contributed by atoms with Crippen LogP contribution in [0, 0.1) is 0 Å². The summed E-state index contributed by atoms with van der Waals surface area (Å²) in [5, 5.41) is 0. The van der Waals surface area contributed by atoms with E-state index in [4.69, 9.17) is 9.78 Å². The Balaban J connectivity index is 1.64. The van der Waals surface area contributed by atoms with Crippen molar-refractivity contribution in [2.45, 2.75) is 147 Å². The van der Waals surface area contributed by atoms with E-state index in [1.807, 2.05) is 0 Å². The van der Waals surface area contributed by atoms with Crippen LogP contribution < -0.4 is 0 Å². The molecule has 0 unspecified atom stereocenters. The molecule has 0 bridgehead atoms. The smallest absolute Gasteiger partial charge is 0.167 e. The van der Waals surface area contributed by atoms with Crippen molar-refractivity contribution < 1.29 is 14.6 Å². The lowest BCUT2D eigenvalue weighted by Crippen LogP contribution is -2.44. The Kier molecular flexibility index (Phi) is 11.6. The van der Waals surface area contributed by atoms with Crippen molar-refractivity contribution in [3.8, 4) is 0 Å². The van der Waals surface area contributed by atoms with Gasteiger partial charge in [0.1, 0.15) is 0 Å². The van der Waals surface area contributed by atoms with Gasteiger partial charge in [0.05, 0.1) is 6.10 Å². The topological polar surface area (TPSA) is 35.5 Å². The molecule has 0 amide bonds. The molecule has 27 heavy (non-hydrogen) atoms. The van der Waals surface area contributed by atoms with Crippen molar-refractivity contribution in [1.29, 1.82) is 0 Å². The van der Waals surface area contributed by atoms with Crippen molar-refractivity contribution in [3.05, 3.63) is 0 Å². The SMILES string of the molecule is CCCCCCCCCCCC(=O)C1(OOC2CCCCC2)CCCCC1. The van der Waals surface area contributed by atoms with Crippen LogP contribution in [0.4, 0.5) is 0 Å². The van der Waals surface area contributed by atoms with Crippen LogP contribution in [0.5, 0.6) is 0 Å². The summed E-state index contributed by atoms with van der Waals surface area (Å²) in [6.45, 7) is 2.26. The molecule has 0 aromatic rings. The van der Waals surface area contributed by atoms with Gasteiger partial charge in [-0.2, -0.15) is 0 Å². The summed E-state index contributed by atoms with van der Waals surface area (Å²) in [6.07, 6.45) is 23.5. The van der Waals surface area contributed by atoms with Crippen LogP contribution in [0.25, 0.3) is 0 Å². The first kappa shape index (κ1) is 22.9. The fraction of sp³-hybridized carbons (Fsp3) is 0.958. The first-order chi connectivity index (χ1) is 13.3. The Bertz CT molecular complexity index is 381. The highest BCUT2D eigenvalue weighted by atomic mass is 17.2. The first-order valence-corrected chi connectivity index (χ1v) is 12.1. The van der Waals surface area contributed by atoms with Gasteiger partial charge in [-0.1, -0.05) is 84.0 Å². The standard InChI is InChI=1S/C24H44O3/c1-2-3-4-5-6-7-8-9-14-19-23(25)24(20-15-11-16-21-24)27-26-22-17-12-10-13-18-22/h22H,2-21H2,1H3. The molecule has 0 saturated heterocycles. The fourth-order valence-corrected chi connectivity index (χ4v) is 4.68. The predicted octanol–water partition coefficient (Wildman–Crippen LogP) is 7.46. The van der Waals surface area contributed by atoms with E-state index in [0.717, 1.165) is 44.9 Å². The third-order valence-electron chi connectivity index (χ3n) is 6.57. The Labute approximate surface area is 167 Å². The number of Topliss-reactive ketones (excluding diaryl/α,β-unsaturated/α-hetero) is 1. The molecule has 2 saturated carbocycles. The Morgan fingerprint density at radius 3 is 1.96 bits per heavy atom. The van der Waals surface area contributed by atoms with Crippen molar-refractivity contribution in [2.24, 2.45) is 0 Å². The van der Waals surface area contributed by atoms with E-state index in [1.54, 1.807) is 0 Å². The number of hydrogen-bond donors (Lipinski definition) is 0. The zero-order valence-electron chi connectivity index (χ0n) is 17.9. The molecule has 0 atom stereocenters. The van der Waals surface area contributed by atoms with Crippen LogP contribution >= 0.6 is 0 Å². The molecule has 3 heteroatoms. The quantitative estimate of drug-likeness (QED) is 0.178. The largest absolute Gasteiger partial charge is 0.296 e. The number of unbranched alkanes of at least 4 members (excludes halogenated alkanes) is 8. The summed E-state index contributed by atoms with van der Waals surface area (Å²) in [5.74, 6) is 0.306. The fourth-order valence-electron chi connectivity index (χ4n) is 4.68. The molecule has 0 aromatic heterocycles. The summed E-state index contributed by atoms with van der Waals surface area (Å²) >= 11 is 0. The average Bonchev–Trinajstić information content (AvgIpc) is 2.72. The van der Waals surface area contributed by atoms with E-state index in [0.29, 0.717) is 12.2 Å². The Hall–Kier alpha value is -0.410. The van der Waals surface area contributed by atoms with Gasteiger partial charge in [0.2, 0.25) is 0 Å². The van der Waals surface area contributed by atoms with Crippen molar-refractivity contribution in [3.63, 3.8) is 0 Å². The maximum Gasteiger partial charge on any atom is 0.167 e. The van der Waals surface area contributed by atoms with Gasteiger partial charge in [-0.3, -0.25) is 4.79 Å². The molecule has 3 nitrogen and oxygen atoms in total. The van der Waals surface area contributed by atoms with Gasteiger partial charge in [-0.05, 0) is 44.9 Å². The normalized spacial score (nSPS) is 20.6. The van der Waals surface area contributed by atoms with Gasteiger partial charge in [0, 0.05) is 6.42 Å². The molecule has 0 N–H and O–H groups in total. The minimum absolute atomic E-state index is 0.207. The van der Waals surface area contributed by atoms with Gasteiger partial charge >= 0.3 is 0 Å². The molecule has 158 valence electrons. The second kappa shape index (κ2) is 13.7. The lowest BCUT2D eigenvalue weighted by atomic mass is 9.80. The molecule has 2 aliphatic rings. The number of rotatable bonds is 14. The summed E-state index contributed by atoms with van der Waals surface area (Å²) < 4.78 is 0. The highest BCUT2D eigenvalue weighted by Crippen LogP contribution is 2.35. The van der Waals surface area contributed by atoms with Crippen LogP contribution in [-0.2, 0) is 14.6 Å². The number of carbonyl (C=O) groups is 1. The van der Waals surface area contributed by atoms with Crippen LogP contribution in [-0.4, -0.2) is 17.5 Å². The molecule has 0 spiro atoms. The van der Waals surface area contributed by atoms with Crippen LogP contribution in [0.3, 0.4) is 0 Å². The molecular formula is C24H44O3. The van der Waals surface area contributed by atoms with E-state index in [1.165, 1.54) is 77.0 Å². The van der Waals surface area contributed by atoms with E-state index >= 15 is 0 Å². The maximum absolute atomic E-state index is 13.0. The maximum atomic E-state index is 13.0. The van der Waals surface area contributed by atoms with Gasteiger partial charge in [-0.25, -0.2) is 9.78 Å². The average molecular weight is 381 g/mol. The van der Waals surface area contributed by atoms with Gasteiger partial charge in [-0.15, -0.1) is 0 Å². The van der Waals surface area contributed by atoms with E-state index in [9.17, 15) is 4.79 Å². The predicted molar refractivity (Wildman–Crippen MR) is 112 cm³/mol. The van der Waals surface area contributed by atoms with Gasteiger partial charge < -0.3 is 0 Å².